The highest BCUT2D eigenvalue weighted by molar-refractivity contribution is 7.14. The zero-order chi connectivity index (χ0) is 65.2. The van der Waals surface area contributed by atoms with Crippen LogP contribution in [-0.2, 0) is 67.1 Å². The van der Waals surface area contributed by atoms with E-state index in [-0.39, 0.29) is 32.6 Å². The van der Waals surface area contributed by atoms with E-state index >= 15 is 0 Å². The molecule has 8 aliphatic heterocycles. The number of hydrogen-bond donors (Lipinski definition) is 0. The molecule has 8 aliphatic rings. The average molecular weight is 1450 g/mol. The predicted molar refractivity (Wildman–Crippen MR) is 365 cm³/mol. The minimum absolute atomic E-state index is 0.0226. The molecule has 0 aliphatic carbocycles. The van der Waals surface area contributed by atoms with Crippen molar-refractivity contribution < 1.29 is 86.3 Å². The Morgan fingerprint density at radius 3 is 0.542 bits per heavy atom. The smallest absolute Gasteiger partial charge is 0.387 e. The molecule has 0 aromatic heterocycles. The molecule has 0 unspecified atom stereocenters. The summed E-state index contributed by atoms with van der Waals surface area (Å²) >= 11 is 0. The fourth-order valence-electron chi connectivity index (χ4n) is 12.9. The van der Waals surface area contributed by atoms with Gasteiger partial charge in [-0.2, -0.15) is 0 Å². The van der Waals surface area contributed by atoms with E-state index in [0.29, 0.717) is 41.5 Å². The number of hydrogen-bond acceptors (Lipinski definition) is 20. The summed E-state index contributed by atoms with van der Waals surface area (Å²) in [5, 5.41) is 3.18. The minimum Gasteiger partial charge on any atom is -0.387 e. The molecule has 0 spiro atoms. The lowest BCUT2D eigenvalue weighted by molar-refractivity contribution is 0.0264. The van der Waals surface area contributed by atoms with Gasteiger partial charge < -0.3 is 67.1 Å². The molecule has 10 aromatic carbocycles. The first-order valence-corrected chi connectivity index (χ1v) is 49.0. The Morgan fingerprint density at radius 2 is 0.354 bits per heavy atom. The van der Waals surface area contributed by atoms with Gasteiger partial charge in [0.2, 0.25) is 0 Å². The predicted octanol–water partition coefficient (Wildman–Crippen LogP) is 3.64. The van der Waals surface area contributed by atoms with Gasteiger partial charge in [0.25, 0.3) is 0 Å². The van der Waals surface area contributed by atoms with E-state index in [2.05, 4.69) is 0 Å². The lowest BCUT2D eigenvalue weighted by atomic mass is 10.1. The fraction of sp³-hybridized carbons (Fsp3) is 0.0303. The van der Waals surface area contributed by atoms with Crippen LogP contribution in [0.25, 0.3) is 0 Å². The summed E-state index contributed by atoms with van der Waals surface area (Å²) in [6, 6.07) is 82.4. The van der Waals surface area contributed by atoms with E-state index < -0.39 is 111 Å². The number of esters is 4. The van der Waals surface area contributed by atoms with Crippen LogP contribution in [0, 0.1) is 0 Å². The summed E-state index contributed by atoms with van der Waals surface area (Å²) < 4.78 is 130. The van der Waals surface area contributed by atoms with Gasteiger partial charge in [0, 0.05) is 41.5 Å². The zero-order valence-electron chi connectivity index (χ0n) is 50.7. The van der Waals surface area contributed by atoms with E-state index in [4.69, 9.17) is 67.1 Å². The molecule has 0 N–H and O–H groups in total. The third-order valence-corrected chi connectivity index (χ3v) is 60.4. The van der Waals surface area contributed by atoms with Crippen LogP contribution < -0.4 is 51.9 Å². The van der Waals surface area contributed by atoms with E-state index in [1.165, 1.54) is 12.1 Å². The van der Waals surface area contributed by atoms with Gasteiger partial charge in [-0.15, -0.1) is 0 Å². The van der Waals surface area contributed by atoms with Crippen molar-refractivity contribution in [2.45, 2.75) is 13.1 Å². The van der Waals surface area contributed by atoms with Crippen LogP contribution in [-0.4, -0.2) is 111 Å². The SMILES string of the molecule is C[Si]1(c2ccc3c(c2)C(=O)OC3=O)O[Si]2(c3ccccc3)O[Si]3(c4ccccc4)O[Si]4(c5ccccc5)O[Si](C)(c5ccc6c(c5)C(=O)OC6=O)O[Si]5(c6ccccc6)O[Si](c6ccccc6)(O[Si](c6ccccc6)(O1)O[Si](c1ccccc1)(O5)O[Si](c1ccccc1)(O2)O4)O3. The normalized spacial score (nSPS) is 31.9. The van der Waals surface area contributed by atoms with Crippen molar-refractivity contribution >= 4 is 163 Å². The van der Waals surface area contributed by atoms with Crippen molar-refractivity contribution in [3.63, 3.8) is 0 Å². The van der Waals surface area contributed by atoms with Gasteiger partial charge in [0.1, 0.15) is 0 Å². The fourth-order valence-corrected chi connectivity index (χ4v) is 68.9. The summed E-state index contributed by atoms with van der Waals surface area (Å²) in [6.07, 6.45) is 0. The van der Waals surface area contributed by atoms with E-state index in [9.17, 15) is 19.2 Å². The van der Waals surface area contributed by atoms with Crippen molar-refractivity contribution in [3.05, 3.63) is 301 Å². The maximum absolute atomic E-state index is 14.1. The number of rotatable bonds is 10. The molecule has 30 heteroatoms. The highest BCUT2D eigenvalue weighted by atomic mass is 28.6. The molecule has 10 aromatic rings. The summed E-state index contributed by atoms with van der Waals surface area (Å²) in [7, 11) is -53.6. The Morgan fingerprint density at radius 1 is 0.188 bits per heavy atom. The van der Waals surface area contributed by atoms with Gasteiger partial charge in [0.05, 0.1) is 22.3 Å². The van der Waals surface area contributed by atoms with E-state index in [0.717, 1.165) is 0 Å². The molecule has 0 radical (unpaired) electrons. The average Bonchev–Trinajstić information content (AvgIpc) is 1.09. The van der Waals surface area contributed by atoms with Crippen molar-refractivity contribution in [1.82, 2.24) is 0 Å². The van der Waals surface area contributed by atoms with Crippen LogP contribution in [0.15, 0.2) is 279 Å². The first-order valence-electron chi connectivity index (χ1n) is 30.6. The molecule has 476 valence electrons. The van der Waals surface area contributed by atoms with Gasteiger partial charge in [-0.1, -0.05) is 255 Å². The molecule has 0 amide bonds. The molecule has 0 atom stereocenters. The summed E-state index contributed by atoms with van der Waals surface area (Å²) in [6.45, 7) is 3.57. The van der Waals surface area contributed by atoms with Gasteiger partial charge in [-0.3, -0.25) is 0 Å². The van der Waals surface area contributed by atoms with Crippen molar-refractivity contribution in [2.75, 3.05) is 0 Å². The summed E-state index contributed by atoms with van der Waals surface area (Å²) in [5.74, 6) is -3.43. The molecular weight excluding hydrogens is 1390 g/mol. The molecule has 20 nitrogen and oxygen atoms in total. The second-order valence-corrected chi connectivity index (χ2v) is 53.5. The van der Waals surface area contributed by atoms with Crippen molar-refractivity contribution in [3.8, 4) is 0 Å². The lowest BCUT2D eigenvalue weighted by Gasteiger charge is -2.61. The van der Waals surface area contributed by atoms with Gasteiger partial charge in [-0.05, 0) is 47.7 Å². The first-order chi connectivity index (χ1) is 46.5. The molecule has 0 saturated carbocycles. The summed E-state index contributed by atoms with van der Waals surface area (Å²) in [4.78, 5) is 55.1. The lowest BCUT2D eigenvalue weighted by Crippen LogP contribution is -2.94. The standard InChI is InChI=1S/C66H52O20Si10/c1-87(57-43-45-59-61(47-57)65(69)71-63(59)67)73-89(49-27-11-3-12-28-49)77-93(53-35-19-7-20-36-53)81-91(51-31-15-5-16-32-51)75-88(2,58-44-46-60-62(48-58)66(70)72-64(60)68)76-92(52-33-17-6-18-34-52)83-95(85-93,55-39-23-9-24-40-55)79-90(74-87,50-29-13-4-14-30-50)80-96(84-92,56-41-25-10-26-42-56)86-94(78-89,82-91)54-37-21-8-22-38-54/h3-48H,1-2H3. The Bertz CT molecular complexity index is 4200. The van der Waals surface area contributed by atoms with Gasteiger partial charge in [0.15, 0.2) is 0 Å². The van der Waals surface area contributed by atoms with E-state index in [1.807, 2.05) is 243 Å². The highest BCUT2D eigenvalue weighted by Gasteiger charge is 2.84. The Balaban J connectivity index is 1.13. The number of benzene rings is 10. The topological polar surface area (TPSA) is 216 Å². The third kappa shape index (κ3) is 9.97. The van der Waals surface area contributed by atoms with Crippen molar-refractivity contribution in [1.29, 1.82) is 0 Å². The number of carbonyl (C=O) groups is 4. The zero-order valence-corrected chi connectivity index (χ0v) is 60.7. The second kappa shape index (κ2) is 22.8. The quantitative estimate of drug-likeness (QED) is 0.109. The van der Waals surface area contributed by atoms with Crippen LogP contribution in [0.2, 0.25) is 13.1 Å². The van der Waals surface area contributed by atoms with Gasteiger partial charge >= 0.3 is 111 Å². The van der Waals surface area contributed by atoms with Crippen LogP contribution in [0.3, 0.4) is 0 Å². The van der Waals surface area contributed by atoms with Crippen LogP contribution in [0.1, 0.15) is 41.4 Å². The Labute approximate surface area is 560 Å². The molecule has 6 saturated heterocycles. The van der Waals surface area contributed by atoms with Crippen LogP contribution in [0.5, 0.6) is 0 Å². The molecule has 18 rings (SSSR count). The molecule has 8 bridgehead atoms. The largest absolute Gasteiger partial charge is 0.515 e. The van der Waals surface area contributed by atoms with Crippen LogP contribution >= 0.6 is 0 Å². The number of fused-ring (bicyclic) bond motifs is 6. The van der Waals surface area contributed by atoms with Crippen molar-refractivity contribution in [2.24, 2.45) is 0 Å². The number of ether oxygens (including phenoxy) is 2. The Kier molecular flexibility index (Phi) is 14.7. The minimum atomic E-state index is -5.55. The molecule has 8 heterocycles. The number of cyclic esters (lactones) is 4. The van der Waals surface area contributed by atoms with Crippen LogP contribution in [0.4, 0.5) is 0 Å². The molecule has 6 fully saturated rings. The second-order valence-electron chi connectivity index (χ2n) is 23.6. The summed E-state index contributed by atoms with van der Waals surface area (Å²) in [5.41, 5.74) is -0.0523. The monoisotopic (exact) mass is 1440 g/mol. The maximum Gasteiger partial charge on any atom is 0.515 e. The highest BCUT2D eigenvalue weighted by Crippen LogP contribution is 2.47. The third-order valence-electron chi connectivity index (χ3n) is 17.4. The first kappa shape index (κ1) is 61.7. The number of carbonyl (C=O) groups excluding carboxylic acids is 4. The van der Waals surface area contributed by atoms with Gasteiger partial charge in [-0.25, -0.2) is 19.2 Å². The molecule has 96 heavy (non-hydrogen) atoms. The van der Waals surface area contributed by atoms with E-state index in [1.54, 1.807) is 37.4 Å². The Hall–Kier alpha value is -7.91. The molecular formula is C66H52O20Si10. The maximum atomic E-state index is 14.1.